The van der Waals surface area contributed by atoms with Crippen molar-refractivity contribution in [2.24, 2.45) is 4.99 Å². The Morgan fingerprint density at radius 2 is 2.00 bits per heavy atom. The summed E-state index contributed by atoms with van der Waals surface area (Å²) in [4.78, 5) is 4.58. The molecule has 0 bridgehead atoms. The molecule has 0 aliphatic carbocycles. The van der Waals surface area contributed by atoms with Gasteiger partial charge in [0.25, 0.3) is 0 Å². The molecule has 1 N–H and O–H groups in total. The van der Waals surface area contributed by atoms with Crippen LogP contribution in [-0.2, 0) is 0 Å². The first kappa shape index (κ1) is 15.8. The third-order valence-corrected chi connectivity index (χ3v) is 2.74. The zero-order valence-corrected chi connectivity index (χ0v) is 13.5. The fraction of sp³-hybridized carbons (Fsp3) is 0.462. The van der Waals surface area contributed by atoms with Gasteiger partial charge in [0.15, 0.2) is 0 Å². The van der Waals surface area contributed by atoms with Gasteiger partial charge in [0.2, 0.25) is 0 Å². The van der Waals surface area contributed by atoms with Crippen LogP contribution in [-0.4, -0.2) is 41.2 Å². The molecule has 1 aromatic rings. The standard InChI is InChI=1S/C13H18N3O.Na/c1-10-9-16(3)15-13(2,17)12(14-10)11-7-5-4-6-8-11;/h4-8,10,17H,9H2,1-3H3;/q-1;+1. The number of hydrogen-bond acceptors (Lipinski definition) is 3. The number of aliphatic imine (C=N–C) groups is 1. The quantitative estimate of drug-likeness (QED) is 0.642. The third-order valence-electron chi connectivity index (χ3n) is 2.74. The van der Waals surface area contributed by atoms with Crippen LogP contribution in [0.2, 0.25) is 0 Å². The Morgan fingerprint density at radius 3 is 2.61 bits per heavy atom. The van der Waals surface area contributed by atoms with Gasteiger partial charge in [-0.3, -0.25) is 4.99 Å². The van der Waals surface area contributed by atoms with Gasteiger partial charge >= 0.3 is 29.6 Å². The summed E-state index contributed by atoms with van der Waals surface area (Å²) >= 11 is 0. The van der Waals surface area contributed by atoms with Gasteiger partial charge < -0.3 is 15.5 Å². The molecule has 5 heteroatoms. The molecule has 0 saturated heterocycles. The summed E-state index contributed by atoms with van der Waals surface area (Å²) in [6.07, 6.45) is 0. The average Bonchev–Trinajstić information content (AvgIpc) is 2.35. The van der Waals surface area contributed by atoms with E-state index in [2.05, 4.69) is 10.4 Å². The molecular weight excluding hydrogens is 237 g/mol. The van der Waals surface area contributed by atoms with Crippen molar-refractivity contribution in [2.75, 3.05) is 13.6 Å². The largest absolute Gasteiger partial charge is 1.00 e. The number of nitrogens with zero attached hydrogens (tertiary/aromatic N) is 3. The minimum Gasteiger partial charge on any atom is -0.561 e. The Bertz CT molecular complexity index is 420. The monoisotopic (exact) mass is 255 g/mol. The van der Waals surface area contributed by atoms with Gasteiger partial charge in [0, 0.05) is 12.3 Å². The molecule has 0 aromatic heterocycles. The summed E-state index contributed by atoms with van der Waals surface area (Å²) in [6.45, 7) is 4.41. The second-order valence-electron chi connectivity index (χ2n) is 4.65. The predicted octanol–water partition coefficient (Wildman–Crippen LogP) is -1.19. The van der Waals surface area contributed by atoms with Gasteiger partial charge in [0.1, 0.15) is 0 Å². The van der Waals surface area contributed by atoms with Crippen LogP contribution in [0.15, 0.2) is 35.3 Å². The van der Waals surface area contributed by atoms with Crippen molar-refractivity contribution >= 4 is 5.71 Å². The van der Waals surface area contributed by atoms with Crippen LogP contribution in [0.5, 0.6) is 0 Å². The normalized spacial score (nSPS) is 29.1. The molecule has 2 atom stereocenters. The van der Waals surface area contributed by atoms with Crippen LogP contribution in [0.25, 0.3) is 5.43 Å². The fourth-order valence-corrected chi connectivity index (χ4v) is 2.13. The molecule has 92 valence electrons. The van der Waals surface area contributed by atoms with E-state index in [4.69, 9.17) is 0 Å². The van der Waals surface area contributed by atoms with E-state index < -0.39 is 5.72 Å². The molecule has 0 spiro atoms. The summed E-state index contributed by atoms with van der Waals surface area (Å²) in [5.74, 6) is 0. The number of likely N-dealkylation sites (N-methyl/N-ethyl adjacent to an activating group) is 1. The predicted molar refractivity (Wildman–Crippen MR) is 69.1 cm³/mol. The number of aliphatic hydroxyl groups is 1. The Kier molecular flexibility index (Phi) is 5.52. The Labute approximate surface area is 130 Å². The van der Waals surface area contributed by atoms with Gasteiger partial charge in [-0.15, -0.1) is 0 Å². The number of rotatable bonds is 1. The Hall–Kier alpha value is -0.230. The second kappa shape index (κ2) is 6.28. The zero-order chi connectivity index (χ0) is 12.5. The van der Waals surface area contributed by atoms with Crippen molar-refractivity contribution < 1.29 is 34.7 Å². The van der Waals surface area contributed by atoms with Crippen molar-refractivity contribution in [3.63, 3.8) is 0 Å². The molecule has 2 rings (SSSR count). The summed E-state index contributed by atoms with van der Waals surface area (Å²) in [5, 5.41) is 12.2. The minimum atomic E-state index is -1.26. The first-order chi connectivity index (χ1) is 7.99. The average molecular weight is 255 g/mol. The van der Waals surface area contributed by atoms with Crippen molar-refractivity contribution in [1.82, 2.24) is 5.01 Å². The maximum Gasteiger partial charge on any atom is 1.00 e. The Balaban J connectivity index is 0.00000162. The number of benzene rings is 1. The van der Waals surface area contributed by atoms with Crippen LogP contribution >= 0.6 is 0 Å². The van der Waals surface area contributed by atoms with E-state index in [0.717, 1.165) is 5.56 Å². The van der Waals surface area contributed by atoms with Crippen LogP contribution in [0, 0.1) is 0 Å². The third kappa shape index (κ3) is 3.63. The van der Waals surface area contributed by atoms with Gasteiger partial charge in [0.05, 0.1) is 11.8 Å². The summed E-state index contributed by atoms with van der Waals surface area (Å²) in [6, 6.07) is 9.83. The van der Waals surface area contributed by atoms with E-state index in [-0.39, 0.29) is 35.6 Å². The molecule has 2 unspecified atom stereocenters. The molecule has 0 radical (unpaired) electrons. The van der Waals surface area contributed by atoms with E-state index >= 15 is 0 Å². The molecule has 0 amide bonds. The first-order valence-corrected chi connectivity index (χ1v) is 5.79. The van der Waals surface area contributed by atoms with Crippen LogP contribution in [0.1, 0.15) is 19.4 Å². The van der Waals surface area contributed by atoms with Crippen molar-refractivity contribution in [3.8, 4) is 0 Å². The number of hydrogen-bond donors (Lipinski definition) is 1. The van der Waals surface area contributed by atoms with Crippen LogP contribution < -0.4 is 29.6 Å². The van der Waals surface area contributed by atoms with E-state index in [1.54, 1.807) is 11.9 Å². The van der Waals surface area contributed by atoms with Crippen LogP contribution in [0.3, 0.4) is 0 Å². The molecule has 0 saturated carbocycles. The minimum absolute atomic E-state index is 0. The molecule has 1 aliphatic heterocycles. The Morgan fingerprint density at radius 1 is 1.39 bits per heavy atom. The summed E-state index contributed by atoms with van der Waals surface area (Å²) < 4.78 is 0. The molecule has 1 aliphatic rings. The first-order valence-electron chi connectivity index (χ1n) is 5.79. The van der Waals surface area contributed by atoms with E-state index in [0.29, 0.717) is 12.3 Å². The van der Waals surface area contributed by atoms with E-state index in [1.165, 1.54) is 0 Å². The van der Waals surface area contributed by atoms with Gasteiger partial charge in [-0.2, -0.15) is 0 Å². The summed E-state index contributed by atoms with van der Waals surface area (Å²) in [7, 11) is 1.86. The fourth-order valence-electron chi connectivity index (χ4n) is 2.13. The smallest absolute Gasteiger partial charge is 0.561 e. The molecule has 18 heavy (non-hydrogen) atoms. The van der Waals surface area contributed by atoms with Gasteiger partial charge in [-0.25, -0.2) is 0 Å². The van der Waals surface area contributed by atoms with E-state index in [9.17, 15) is 5.11 Å². The van der Waals surface area contributed by atoms with Crippen LogP contribution in [0.4, 0.5) is 0 Å². The maximum absolute atomic E-state index is 10.4. The summed E-state index contributed by atoms with van der Waals surface area (Å²) in [5.41, 5.74) is 4.57. The zero-order valence-electron chi connectivity index (χ0n) is 11.5. The molecule has 4 nitrogen and oxygen atoms in total. The SMILES string of the molecule is CC1CN(C)[N-]C(C)(O)C(c2ccccc2)=N1.[Na+]. The molecular formula is C13H18N3NaO. The molecule has 0 fully saturated rings. The van der Waals surface area contributed by atoms with Crippen molar-refractivity contribution in [3.05, 3.63) is 41.3 Å². The second-order valence-corrected chi connectivity index (χ2v) is 4.65. The van der Waals surface area contributed by atoms with Gasteiger partial charge in [-0.1, -0.05) is 30.3 Å². The van der Waals surface area contributed by atoms with Gasteiger partial charge in [-0.05, 0) is 26.5 Å². The topological polar surface area (TPSA) is 49.9 Å². The molecule has 1 aromatic carbocycles. The maximum atomic E-state index is 10.4. The molecule has 1 heterocycles. The van der Waals surface area contributed by atoms with Crippen molar-refractivity contribution in [1.29, 1.82) is 0 Å². The van der Waals surface area contributed by atoms with Crippen molar-refractivity contribution in [2.45, 2.75) is 25.6 Å². The van der Waals surface area contributed by atoms with E-state index in [1.807, 2.05) is 44.3 Å².